The summed E-state index contributed by atoms with van der Waals surface area (Å²) in [6, 6.07) is 4.78. The van der Waals surface area contributed by atoms with E-state index in [4.69, 9.17) is 15.2 Å². The third-order valence-corrected chi connectivity index (χ3v) is 3.32. The van der Waals surface area contributed by atoms with E-state index in [2.05, 4.69) is 0 Å². The largest absolute Gasteiger partial charge is 0.393 e. The standard InChI is InChI=1S/C13H18N2O4/c14-13-11(2-1-3-12(13)15(16)17)9-19-8-10-4-6-18-7-5-10/h1-3,10H,4-9,14H2. The topological polar surface area (TPSA) is 87.6 Å². The number of ether oxygens (including phenoxy) is 2. The zero-order chi connectivity index (χ0) is 13.7. The van der Waals surface area contributed by atoms with Gasteiger partial charge in [0.05, 0.1) is 18.1 Å². The second-order valence-corrected chi connectivity index (χ2v) is 4.68. The van der Waals surface area contributed by atoms with Crippen molar-refractivity contribution in [2.75, 3.05) is 25.6 Å². The minimum Gasteiger partial charge on any atom is -0.393 e. The quantitative estimate of drug-likeness (QED) is 0.501. The summed E-state index contributed by atoms with van der Waals surface area (Å²) >= 11 is 0. The van der Waals surface area contributed by atoms with E-state index in [9.17, 15) is 10.1 Å². The van der Waals surface area contributed by atoms with Gasteiger partial charge >= 0.3 is 0 Å². The Hall–Kier alpha value is -1.66. The molecule has 0 aliphatic carbocycles. The van der Waals surface area contributed by atoms with Crippen LogP contribution in [0.15, 0.2) is 18.2 Å². The van der Waals surface area contributed by atoms with Crippen molar-refractivity contribution in [3.63, 3.8) is 0 Å². The number of nitrogen functional groups attached to an aromatic ring is 1. The number of rotatable bonds is 5. The van der Waals surface area contributed by atoms with Gasteiger partial charge in [-0.3, -0.25) is 10.1 Å². The Morgan fingerprint density at radius 2 is 2.16 bits per heavy atom. The van der Waals surface area contributed by atoms with Crippen LogP contribution in [0.25, 0.3) is 0 Å². The molecule has 0 bridgehead atoms. The van der Waals surface area contributed by atoms with Crippen LogP contribution in [0.4, 0.5) is 11.4 Å². The molecule has 0 aromatic heterocycles. The lowest BCUT2D eigenvalue weighted by molar-refractivity contribution is -0.384. The summed E-state index contributed by atoms with van der Waals surface area (Å²) in [6.45, 7) is 2.52. The monoisotopic (exact) mass is 266 g/mol. The molecule has 19 heavy (non-hydrogen) atoms. The molecule has 2 N–H and O–H groups in total. The van der Waals surface area contributed by atoms with Crippen LogP contribution in [-0.2, 0) is 16.1 Å². The molecule has 1 saturated heterocycles. The fourth-order valence-corrected chi connectivity index (χ4v) is 2.13. The first-order valence-electron chi connectivity index (χ1n) is 6.35. The Balaban J connectivity index is 1.88. The summed E-state index contributed by atoms with van der Waals surface area (Å²) in [5, 5.41) is 10.8. The number of para-hydroxylation sites is 1. The summed E-state index contributed by atoms with van der Waals surface area (Å²) in [4.78, 5) is 10.3. The molecule has 104 valence electrons. The van der Waals surface area contributed by atoms with Crippen molar-refractivity contribution in [1.29, 1.82) is 0 Å². The second-order valence-electron chi connectivity index (χ2n) is 4.68. The van der Waals surface area contributed by atoms with Crippen LogP contribution < -0.4 is 5.73 Å². The summed E-state index contributed by atoms with van der Waals surface area (Å²) in [7, 11) is 0. The maximum atomic E-state index is 10.8. The lowest BCUT2D eigenvalue weighted by Gasteiger charge is -2.21. The molecule has 1 aliphatic heterocycles. The molecular weight excluding hydrogens is 248 g/mol. The zero-order valence-corrected chi connectivity index (χ0v) is 10.7. The van der Waals surface area contributed by atoms with Crippen molar-refractivity contribution in [3.05, 3.63) is 33.9 Å². The normalized spacial score (nSPS) is 16.4. The van der Waals surface area contributed by atoms with Crippen LogP contribution in [0.2, 0.25) is 0 Å². The molecule has 0 spiro atoms. The molecule has 1 aromatic carbocycles. The molecule has 0 saturated carbocycles. The third-order valence-electron chi connectivity index (χ3n) is 3.32. The average molecular weight is 266 g/mol. The van der Waals surface area contributed by atoms with Gasteiger partial charge in [0.15, 0.2) is 0 Å². The molecule has 2 rings (SSSR count). The van der Waals surface area contributed by atoms with Gasteiger partial charge in [0.25, 0.3) is 5.69 Å². The van der Waals surface area contributed by atoms with Crippen molar-refractivity contribution < 1.29 is 14.4 Å². The molecule has 6 heteroatoms. The molecular formula is C13H18N2O4. The van der Waals surface area contributed by atoms with Gasteiger partial charge < -0.3 is 15.2 Å². The van der Waals surface area contributed by atoms with E-state index in [-0.39, 0.29) is 11.4 Å². The van der Waals surface area contributed by atoms with Gasteiger partial charge in [0.1, 0.15) is 5.69 Å². The molecule has 6 nitrogen and oxygen atoms in total. The van der Waals surface area contributed by atoms with E-state index in [0.717, 1.165) is 26.1 Å². The Bertz CT molecular complexity index is 444. The maximum Gasteiger partial charge on any atom is 0.292 e. The number of benzene rings is 1. The molecule has 0 atom stereocenters. The van der Waals surface area contributed by atoms with Crippen molar-refractivity contribution in [2.24, 2.45) is 5.92 Å². The number of hydrogen-bond donors (Lipinski definition) is 1. The minimum absolute atomic E-state index is 0.0628. The van der Waals surface area contributed by atoms with Gasteiger partial charge in [0, 0.05) is 24.8 Å². The molecule has 1 heterocycles. The number of nitro groups is 1. The number of anilines is 1. The van der Waals surface area contributed by atoms with Gasteiger partial charge in [-0.25, -0.2) is 0 Å². The SMILES string of the molecule is Nc1c(COCC2CCOCC2)cccc1[N+](=O)[O-]. The molecule has 1 aliphatic rings. The number of nitrogens with two attached hydrogens (primary N) is 1. The highest BCUT2D eigenvalue weighted by molar-refractivity contribution is 5.62. The highest BCUT2D eigenvalue weighted by atomic mass is 16.6. The first kappa shape index (κ1) is 13.8. The van der Waals surface area contributed by atoms with Crippen LogP contribution in [-0.4, -0.2) is 24.7 Å². The minimum atomic E-state index is -0.475. The summed E-state index contributed by atoms with van der Waals surface area (Å²) < 4.78 is 10.9. The van der Waals surface area contributed by atoms with Crippen LogP contribution >= 0.6 is 0 Å². The Morgan fingerprint density at radius 3 is 2.84 bits per heavy atom. The third kappa shape index (κ3) is 3.65. The highest BCUT2D eigenvalue weighted by Crippen LogP contribution is 2.25. The summed E-state index contributed by atoms with van der Waals surface area (Å²) in [5.41, 5.74) is 6.56. The van der Waals surface area contributed by atoms with Gasteiger partial charge in [-0.1, -0.05) is 12.1 Å². The molecule has 0 unspecified atom stereocenters. The molecule has 0 radical (unpaired) electrons. The number of hydrogen-bond acceptors (Lipinski definition) is 5. The smallest absolute Gasteiger partial charge is 0.292 e. The lowest BCUT2D eigenvalue weighted by Crippen LogP contribution is -2.20. The maximum absolute atomic E-state index is 10.8. The number of nitrogens with zero attached hydrogens (tertiary/aromatic N) is 1. The summed E-state index contributed by atoms with van der Waals surface area (Å²) in [5.74, 6) is 0.508. The van der Waals surface area contributed by atoms with Crippen molar-refractivity contribution in [2.45, 2.75) is 19.4 Å². The van der Waals surface area contributed by atoms with Crippen molar-refractivity contribution >= 4 is 11.4 Å². The predicted molar refractivity (Wildman–Crippen MR) is 70.7 cm³/mol. The van der Waals surface area contributed by atoms with Gasteiger partial charge in [-0.15, -0.1) is 0 Å². The average Bonchev–Trinajstić information content (AvgIpc) is 2.41. The van der Waals surface area contributed by atoms with Crippen LogP contribution in [0.1, 0.15) is 18.4 Å². The highest BCUT2D eigenvalue weighted by Gasteiger charge is 2.16. The van der Waals surface area contributed by atoms with Crippen molar-refractivity contribution in [1.82, 2.24) is 0 Å². The van der Waals surface area contributed by atoms with E-state index in [0.29, 0.717) is 24.7 Å². The predicted octanol–water partition coefficient (Wildman–Crippen LogP) is 2.12. The fourth-order valence-electron chi connectivity index (χ4n) is 2.13. The van der Waals surface area contributed by atoms with E-state index in [1.165, 1.54) is 6.07 Å². The van der Waals surface area contributed by atoms with Crippen molar-refractivity contribution in [3.8, 4) is 0 Å². The van der Waals surface area contributed by atoms with E-state index >= 15 is 0 Å². The van der Waals surface area contributed by atoms with Gasteiger partial charge in [-0.05, 0) is 18.8 Å². The molecule has 1 aromatic rings. The Kier molecular flexibility index (Phi) is 4.70. The Labute approximate surface area is 111 Å². The van der Waals surface area contributed by atoms with Crippen LogP contribution in [0.5, 0.6) is 0 Å². The first-order valence-corrected chi connectivity index (χ1v) is 6.35. The zero-order valence-electron chi connectivity index (χ0n) is 10.7. The van der Waals surface area contributed by atoms with Crippen LogP contribution in [0.3, 0.4) is 0 Å². The van der Waals surface area contributed by atoms with Crippen LogP contribution in [0, 0.1) is 16.0 Å². The van der Waals surface area contributed by atoms with Gasteiger partial charge in [0.2, 0.25) is 0 Å². The Morgan fingerprint density at radius 1 is 1.42 bits per heavy atom. The summed E-state index contributed by atoms with van der Waals surface area (Å²) in [6.07, 6.45) is 2.01. The van der Waals surface area contributed by atoms with Gasteiger partial charge in [-0.2, -0.15) is 0 Å². The van der Waals surface area contributed by atoms with E-state index in [1.807, 2.05) is 0 Å². The van der Waals surface area contributed by atoms with E-state index in [1.54, 1.807) is 12.1 Å². The number of nitro benzene ring substituents is 1. The molecule has 0 amide bonds. The van der Waals surface area contributed by atoms with E-state index < -0.39 is 4.92 Å². The molecule has 1 fully saturated rings. The first-order chi connectivity index (χ1) is 9.18. The second kappa shape index (κ2) is 6.49. The fraction of sp³-hybridized carbons (Fsp3) is 0.538. The lowest BCUT2D eigenvalue weighted by atomic mass is 10.0.